The fourth-order valence-corrected chi connectivity index (χ4v) is 1.86. The summed E-state index contributed by atoms with van der Waals surface area (Å²) in [5.74, 6) is -1.31. The number of carbonyl (C=O) groups is 3. The maximum Gasteiger partial charge on any atom is 0.315 e. The van der Waals surface area contributed by atoms with Gasteiger partial charge in [-0.1, -0.05) is 30.3 Å². The Labute approximate surface area is 116 Å². The lowest BCUT2D eigenvalue weighted by molar-refractivity contribution is -0.152. The molecule has 0 spiro atoms. The van der Waals surface area contributed by atoms with Crippen molar-refractivity contribution < 1.29 is 23.9 Å². The smallest absolute Gasteiger partial charge is 0.315 e. The van der Waals surface area contributed by atoms with Crippen LogP contribution in [-0.2, 0) is 29.4 Å². The van der Waals surface area contributed by atoms with E-state index >= 15 is 0 Å². The summed E-state index contributed by atoms with van der Waals surface area (Å²) in [5.41, 5.74) is 5.49. The Morgan fingerprint density at radius 1 is 1.20 bits per heavy atom. The number of hydrogen-bond donors (Lipinski definition) is 1. The molecule has 0 aliphatic carbocycles. The van der Waals surface area contributed by atoms with E-state index in [1.165, 1.54) is 0 Å². The van der Waals surface area contributed by atoms with Gasteiger partial charge < -0.3 is 15.2 Å². The van der Waals surface area contributed by atoms with Gasteiger partial charge in [0.2, 0.25) is 0 Å². The zero-order chi connectivity index (χ0) is 15.0. The summed E-state index contributed by atoms with van der Waals surface area (Å²) in [4.78, 5) is 33.3. The molecule has 1 unspecified atom stereocenters. The Bertz CT molecular complexity index is 474. The first-order chi connectivity index (χ1) is 9.51. The van der Waals surface area contributed by atoms with Crippen LogP contribution in [0.3, 0.4) is 0 Å². The summed E-state index contributed by atoms with van der Waals surface area (Å²) in [6.45, 7) is 1.94. The molecule has 2 N–H and O–H groups in total. The van der Waals surface area contributed by atoms with E-state index in [1.54, 1.807) is 37.3 Å². The number of nitrogens with two attached hydrogens (primary N) is 1. The first-order valence-electron chi connectivity index (χ1n) is 6.15. The molecule has 0 saturated heterocycles. The third-order valence-corrected chi connectivity index (χ3v) is 2.75. The molecule has 1 aromatic carbocycles. The van der Waals surface area contributed by atoms with Crippen molar-refractivity contribution >= 4 is 18.4 Å². The normalized spacial score (nSPS) is 13.1. The molecule has 1 aromatic rings. The molecule has 0 aliphatic rings. The van der Waals surface area contributed by atoms with Gasteiger partial charge in [0.15, 0.2) is 0 Å². The van der Waals surface area contributed by atoms with Crippen LogP contribution in [0.15, 0.2) is 30.3 Å². The highest BCUT2D eigenvalue weighted by Gasteiger charge is 2.34. The third-order valence-electron chi connectivity index (χ3n) is 2.75. The van der Waals surface area contributed by atoms with E-state index in [1.807, 2.05) is 0 Å². The largest absolute Gasteiger partial charge is 0.466 e. The van der Waals surface area contributed by atoms with E-state index in [0.717, 1.165) is 0 Å². The second-order valence-corrected chi connectivity index (χ2v) is 4.27. The Hall–Kier alpha value is -2.21. The van der Waals surface area contributed by atoms with Gasteiger partial charge in [-0.15, -0.1) is 0 Å². The first kappa shape index (κ1) is 15.8. The number of esters is 2. The van der Waals surface area contributed by atoms with E-state index in [-0.39, 0.29) is 25.9 Å². The lowest BCUT2D eigenvalue weighted by Gasteiger charge is -2.27. The fourth-order valence-electron chi connectivity index (χ4n) is 1.86. The summed E-state index contributed by atoms with van der Waals surface area (Å²) < 4.78 is 9.11. The minimum Gasteiger partial charge on any atom is -0.466 e. The summed E-state index contributed by atoms with van der Waals surface area (Å²) >= 11 is 0. The third kappa shape index (κ3) is 4.47. The van der Waals surface area contributed by atoms with Crippen LogP contribution in [0.4, 0.5) is 0 Å². The van der Waals surface area contributed by atoms with Crippen molar-refractivity contribution in [2.24, 2.45) is 5.73 Å². The van der Waals surface area contributed by atoms with E-state index in [4.69, 9.17) is 10.5 Å². The molecule has 0 fully saturated rings. The minimum absolute atomic E-state index is 0.0398. The van der Waals surface area contributed by atoms with Crippen LogP contribution >= 0.6 is 0 Å². The predicted octanol–water partition coefficient (Wildman–Crippen LogP) is 0.883. The molecule has 6 nitrogen and oxygen atoms in total. The lowest BCUT2D eigenvalue weighted by atomic mass is 9.84. The predicted molar refractivity (Wildman–Crippen MR) is 70.3 cm³/mol. The van der Waals surface area contributed by atoms with Crippen LogP contribution in [0.2, 0.25) is 0 Å². The molecule has 0 bridgehead atoms. The Morgan fingerprint density at radius 2 is 1.80 bits per heavy atom. The molecule has 1 atom stereocenters. The van der Waals surface area contributed by atoms with Crippen molar-refractivity contribution in [2.75, 3.05) is 6.61 Å². The van der Waals surface area contributed by atoms with Crippen molar-refractivity contribution in [1.82, 2.24) is 0 Å². The summed E-state index contributed by atoms with van der Waals surface area (Å²) in [7, 11) is 0. The first-order valence-corrected chi connectivity index (χ1v) is 6.15. The number of rotatable bonds is 7. The van der Waals surface area contributed by atoms with Crippen LogP contribution in [0.25, 0.3) is 0 Å². The van der Waals surface area contributed by atoms with Gasteiger partial charge in [-0.05, 0) is 12.5 Å². The highest BCUT2D eigenvalue weighted by Crippen LogP contribution is 2.27. The zero-order valence-corrected chi connectivity index (χ0v) is 11.2. The molecular weight excluding hydrogens is 262 g/mol. The van der Waals surface area contributed by atoms with Gasteiger partial charge in [-0.25, -0.2) is 0 Å². The Morgan fingerprint density at radius 3 is 2.35 bits per heavy atom. The monoisotopic (exact) mass is 279 g/mol. The van der Waals surface area contributed by atoms with Crippen molar-refractivity contribution in [3.8, 4) is 0 Å². The zero-order valence-electron chi connectivity index (χ0n) is 11.2. The van der Waals surface area contributed by atoms with Crippen LogP contribution < -0.4 is 5.73 Å². The van der Waals surface area contributed by atoms with Gasteiger partial charge in [0, 0.05) is 0 Å². The summed E-state index contributed by atoms with van der Waals surface area (Å²) in [6, 6.07) is 8.68. The van der Waals surface area contributed by atoms with Crippen LogP contribution in [0.5, 0.6) is 0 Å². The van der Waals surface area contributed by atoms with Gasteiger partial charge in [0.05, 0.1) is 25.0 Å². The van der Waals surface area contributed by atoms with Crippen molar-refractivity contribution in [3.63, 3.8) is 0 Å². The molecule has 108 valence electrons. The molecule has 0 aliphatic heterocycles. The number of ether oxygens (including phenoxy) is 2. The minimum atomic E-state index is -1.27. The molecule has 0 aromatic heterocycles. The second-order valence-electron chi connectivity index (χ2n) is 4.27. The molecule has 0 radical (unpaired) electrons. The van der Waals surface area contributed by atoms with Crippen molar-refractivity contribution in [1.29, 1.82) is 0 Å². The maximum atomic E-state index is 11.6. The van der Waals surface area contributed by atoms with Crippen molar-refractivity contribution in [3.05, 3.63) is 35.9 Å². The number of benzene rings is 1. The SMILES string of the molecule is CCOC(=O)CC(N)(CC(=O)OC=O)c1ccccc1. The topological polar surface area (TPSA) is 95.7 Å². The summed E-state index contributed by atoms with van der Waals surface area (Å²) in [6.07, 6.45) is -0.479. The van der Waals surface area contributed by atoms with E-state index < -0.39 is 17.5 Å². The summed E-state index contributed by atoms with van der Waals surface area (Å²) in [5, 5.41) is 0. The van der Waals surface area contributed by atoms with Crippen LogP contribution in [0, 0.1) is 0 Å². The Kier molecular flexibility index (Phi) is 5.86. The van der Waals surface area contributed by atoms with Gasteiger partial charge in [-0.2, -0.15) is 0 Å². The molecular formula is C14H17NO5. The van der Waals surface area contributed by atoms with Crippen molar-refractivity contribution in [2.45, 2.75) is 25.3 Å². The van der Waals surface area contributed by atoms with E-state index in [9.17, 15) is 14.4 Å². The molecule has 0 amide bonds. The molecule has 0 heterocycles. The molecule has 6 heteroatoms. The second kappa shape index (κ2) is 7.40. The van der Waals surface area contributed by atoms with Crippen LogP contribution in [-0.4, -0.2) is 25.0 Å². The highest BCUT2D eigenvalue weighted by atomic mass is 16.6. The van der Waals surface area contributed by atoms with E-state index in [2.05, 4.69) is 4.74 Å². The average molecular weight is 279 g/mol. The molecule has 0 saturated carbocycles. The average Bonchev–Trinajstić information content (AvgIpc) is 2.40. The maximum absolute atomic E-state index is 11.6. The van der Waals surface area contributed by atoms with Gasteiger partial charge in [0.25, 0.3) is 0 Å². The Balaban J connectivity index is 2.96. The number of hydrogen-bond acceptors (Lipinski definition) is 6. The highest BCUT2D eigenvalue weighted by molar-refractivity contribution is 5.79. The van der Waals surface area contributed by atoms with Gasteiger partial charge >= 0.3 is 18.4 Å². The quantitative estimate of drug-likeness (QED) is 0.452. The molecule has 20 heavy (non-hydrogen) atoms. The standard InChI is InChI=1S/C14H17NO5/c1-2-19-12(17)8-14(15,9-13(18)20-10-16)11-6-4-3-5-7-11/h3-7,10H,2,8-9,15H2,1H3. The van der Waals surface area contributed by atoms with Gasteiger partial charge in [0.1, 0.15) is 0 Å². The fraction of sp³-hybridized carbons (Fsp3) is 0.357. The number of carbonyl (C=O) groups excluding carboxylic acids is 3. The molecule has 1 rings (SSSR count). The lowest BCUT2D eigenvalue weighted by Crippen LogP contribution is -2.41. The van der Waals surface area contributed by atoms with Gasteiger partial charge in [-0.3, -0.25) is 14.4 Å². The van der Waals surface area contributed by atoms with Crippen LogP contribution in [0.1, 0.15) is 25.3 Å². The van der Waals surface area contributed by atoms with E-state index in [0.29, 0.717) is 5.56 Å².